The van der Waals surface area contributed by atoms with E-state index in [4.69, 9.17) is 4.74 Å². The molecule has 1 aliphatic heterocycles. The quantitative estimate of drug-likeness (QED) is 0.816. The third-order valence-corrected chi connectivity index (χ3v) is 3.78. The van der Waals surface area contributed by atoms with Crippen LogP contribution in [0.3, 0.4) is 0 Å². The molecule has 104 valence electrons. The first kappa shape index (κ1) is 14.0. The molecule has 5 heteroatoms. The van der Waals surface area contributed by atoms with Crippen molar-refractivity contribution in [2.45, 2.75) is 18.9 Å². The third-order valence-electron chi connectivity index (χ3n) is 3.78. The number of hydrogen-bond acceptors (Lipinski definition) is 5. The highest BCUT2D eigenvalue weighted by Gasteiger charge is 2.42. The van der Waals surface area contributed by atoms with Gasteiger partial charge in [-0.1, -0.05) is 6.07 Å². The van der Waals surface area contributed by atoms with Gasteiger partial charge in [0, 0.05) is 37.6 Å². The highest BCUT2D eigenvalue weighted by Crippen LogP contribution is 2.29. The van der Waals surface area contributed by atoms with Gasteiger partial charge in [-0.15, -0.1) is 0 Å². The van der Waals surface area contributed by atoms with E-state index in [-0.39, 0.29) is 5.97 Å². The molecule has 1 aromatic rings. The fourth-order valence-corrected chi connectivity index (χ4v) is 2.57. The van der Waals surface area contributed by atoms with Crippen molar-refractivity contribution in [3.63, 3.8) is 0 Å². The molecular weight excluding hydrogens is 242 g/mol. The van der Waals surface area contributed by atoms with Crippen LogP contribution in [0.25, 0.3) is 0 Å². The highest BCUT2D eigenvalue weighted by atomic mass is 16.5. The van der Waals surface area contributed by atoms with Gasteiger partial charge >= 0.3 is 5.97 Å². The zero-order chi connectivity index (χ0) is 13.7. The molecule has 19 heavy (non-hydrogen) atoms. The maximum absolute atomic E-state index is 12.3. The second kappa shape index (κ2) is 6.12. The van der Waals surface area contributed by atoms with Crippen molar-refractivity contribution in [1.82, 2.24) is 15.2 Å². The van der Waals surface area contributed by atoms with Crippen molar-refractivity contribution in [2.75, 3.05) is 33.3 Å². The molecule has 0 aromatic carbocycles. The van der Waals surface area contributed by atoms with Gasteiger partial charge in [-0.2, -0.15) is 0 Å². The Morgan fingerprint density at radius 3 is 3.00 bits per heavy atom. The topological polar surface area (TPSA) is 54.5 Å². The summed E-state index contributed by atoms with van der Waals surface area (Å²) in [5, 5.41) is 3.35. The summed E-state index contributed by atoms with van der Waals surface area (Å²) in [5.41, 5.74) is 0.110. The summed E-state index contributed by atoms with van der Waals surface area (Å²) in [4.78, 5) is 18.6. The third kappa shape index (κ3) is 2.77. The lowest BCUT2D eigenvalue weighted by Crippen LogP contribution is -2.51. The number of ether oxygens (including phenoxy) is 1. The zero-order valence-corrected chi connectivity index (χ0v) is 11.6. The maximum atomic E-state index is 12.3. The van der Waals surface area contributed by atoms with Crippen molar-refractivity contribution >= 4 is 5.97 Å². The van der Waals surface area contributed by atoms with Crippen LogP contribution in [0.5, 0.6) is 0 Å². The van der Waals surface area contributed by atoms with Gasteiger partial charge in [0.1, 0.15) is 5.54 Å². The Bertz CT molecular complexity index is 416. The van der Waals surface area contributed by atoms with Crippen LogP contribution in [-0.4, -0.2) is 49.1 Å². The SMILES string of the molecule is COC(=O)C(C)(c1cccnc1)N1CCCNCC1. The Balaban J connectivity index is 2.36. The number of nitrogens with zero attached hydrogens (tertiary/aromatic N) is 2. The summed E-state index contributed by atoms with van der Waals surface area (Å²) in [6.07, 6.45) is 4.48. The minimum absolute atomic E-state index is 0.234. The van der Waals surface area contributed by atoms with Crippen LogP contribution >= 0.6 is 0 Å². The number of carbonyl (C=O) groups is 1. The molecule has 2 rings (SSSR count). The largest absolute Gasteiger partial charge is 0.467 e. The maximum Gasteiger partial charge on any atom is 0.330 e. The predicted molar refractivity (Wildman–Crippen MR) is 72.7 cm³/mol. The van der Waals surface area contributed by atoms with Crippen LogP contribution < -0.4 is 5.32 Å². The number of esters is 1. The van der Waals surface area contributed by atoms with E-state index in [1.807, 2.05) is 19.1 Å². The normalized spacial score (nSPS) is 20.3. The van der Waals surface area contributed by atoms with Gasteiger partial charge in [-0.3, -0.25) is 9.88 Å². The van der Waals surface area contributed by atoms with Crippen molar-refractivity contribution < 1.29 is 9.53 Å². The number of methoxy groups -OCH3 is 1. The smallest absolute Gasteiger partial charge is 0.330 e. The number of pyridine rings is 1. The molecule has 0 radical (unpaired) electrons. The van der Waals surface area contributed by atoms with E-state index in [2.05, 4.69) is 15.2 Å². The summed E-state index contributed by atoms with van der Waals surface area (Å²) in [6, 6.07) is 3.79. The number of nitrogens with one attached hydrogen (secondary N) is 1. The van der Waals surface area contributed by atoms with Crippen LogP contribution in [-0.2, 0) is 15.1 Å². The highest BCUT2D eigenvalue weighted by molar-refractivity contribution is 5.82. The molecule has 1 fully saturated rings. The van der Waals surface area contributed by atoms with E-state index >= 15 is 0 Å². The summed E-state index contributed by atoms with van der Waals surface area (Å²) >= 11 is 0. The molecular formula is C14H21N3O2. The monoisotopic (exact) mass is 263 g/mol. The number of aromatic nitrogens is 1. The van der Waals surface area contributed by atoms with Crippen LogP contribution in [0.4, 0.5) is 0 Å². The predicted octanol–water partition coefficient (Wildman–Crippen LogP) is 0.765. The van der Waals surface area contributed by atoms with Gasteiger partial charge in [0.15, 0.2) is 0 Å². The lowest BCUT2D eigenvalue weighted by Gasteiger charge is -2.38. The second-order valence-electron chi connectivity index (χ2n) is 4.90. The van der Waals surface area contributed by atoms with Gasteiger partial charge in [0.25, 0.3) is 0 Å². The number of rotatable bonds is 3. The fourth-order valence-electron chi connectivity index (χ4n) is 2.57. The summed E-state index contributed by atoms with van der Waals surface area (Å²) in [5.74, 6) is -0.234. The van der Waals surface area contributed by atoms with E-state index in [0.29, 0.717) is 0 Å². The van der Waals surface area contributed by atoms with E-state index in [0.717, 1.165) is 38.2 Å². The van der Waals surface area contributed by atoms with E-state index in [9.17, 15) is 4.79 Å². The average Bonchev–Trinajstić information content (AvgIpc) is 2.76. The van der Waals surface area contributed by atoms with Gasteiger partial charge < -0.3 is 10.1 Å². The van der Waals surface area contributed by atoms with Gasteiger partial charge in [-0.05, 0) is 26.0 Å². The average molecular weight is 263 g/mol. The van der Waals surface area contributed by atoms with Gasteiger partial charge in [-0.25, -0.2) is 4.79 Å². The number of hydrogen-bond donors (Lipinski definition) is 1. The van der Waals surface area contributed by atoms with E-state index in [1.54, 1.807) is 12.4 Å². The lowest BCUT2D eigenvalue weighted by atomic mass is 9.91. The molecule has 1 atom stereocenters. The minimum atomic E-state index is -0.769. The van der Waals surface area contributed by atoms with Crippen molar-refractivity contribution in [2.24, 2.45) is 0 Å². The fraction of sp³-hybridized carbons (Fsp3) is 0.571. The summed E-state index contributed by atoms with van der Waals surface area (Å²) in [7, 11) is 1.44. The molecule has 0 saturated carbocycles. The van der Waals surface area contributed by atoms with Crippen molar-refractivity contribution in [1.29, 1.82) is 0 Å². The van der Waals surface area contributed by atoms with E-state index < -0.39 is 5.54 Å². The molecule has 5 nitrogen and oxygen atoms in total. The van der Waals surface area contributed by atoms with Crippen LogP contribution in [0.15, 0.2) is 24.5 Å². The number of carbonyl (C=O) groups excluding carboxylic acids is 1. The second-order valence-corrected chi connectivity index (χ2v) is 4.90. The molecule has 1 saturated heterocycles. The molecule has 1 unspecified atom stereocenters. The van der Waals surface area contributed by atoms with E-state index in [1.165, 1.54) is 7.11 Å². The first-order valence-corrected chi connectivity index (χ1v) is 6.64. The lowest BCUT2D eigenvalue weighted by molar-refractivity contribution is -0.155. The molecule has 0 aliphatic carbocycles. The van der Waals surface area contributed by atoms with Crippen molar-refractivity contribution in [3.8, 4) is 0 Å². The standard InChI is InChI=1S/C14H21N3O2/c1-14(13(18)19-2,12-5-3-6-16-11-12)17-9-4-7-15-8-10-17/h3,5-6,11,15H,4,7-10H2,1-2H3. The minimum Gasteiger partial charge on any atom is -0.467 e. The zero-order valence-electron chi connectivity index (χ0n) is 11.6. The molecule has 0 amide bonds. The first-order valence-electron chi connectivity index (χ1n) is 6.64. The summed E-state index contributed by atoms with van der Waals surface area (Å²) in [6.45, 7) is 5.47. The first-order chi connectivity index (χ1) is 9.19. The van der Waals surface area contributed by atoms with Crippen LogP contribution in [0, 0.1) is 0 Å². The molecule has 1 aliphatic rings. The molecule has 1 aromatic heterocycles. The Kier molecular flexibility index (Phi) is 4.50. The molecule has 2 heterocycles. The van der Waals surface area contributed by atoms with Crippen molar-refractivity contribution in [3.05, 3.63) is 30.1 Å². The Morgan fingerprint density at radius 1 is 1.47 bits per heavy atom. The summed E-state index contributed by atoms with van der Waals surface area (Å²) < 4.78 is 5.04. The van der Waals surface area contributed by atoms with Crippen LogP contribution in [0.2, 0.25) is 0 Å². The molecule has 1 N–H and O–H groups in total. The Labute approximate surface area is 114 Å². The molecule has 0 bridgehead atoms. The Morgan fingerprint density at radius 2 is 2.32 bits per heavy atom. The molecule has 0 spiro atoms. The van der Waals surface area contributed by atoms with Gasteiger partial charge in [0.2, 0.25) is 0 Å². The van der Waals surface area contributed by atoms with Crippen LogP contribution in [0.1, 0.15) is 18.9 Å². The van der Waals surface area contributed by atoms with Gasteiger partial charge in [0.05, 0.1) is 7.11 Å². The Hall–Kier alpha value is -1.46.